The maximum atomic E-state index is 14.7. The van der Waals surface area contributed by atoms with Crippen LogP contribution >= 0.6 is 0 Å². The van der Waals surface area contributed by atoms with Gasteiger partial charge in [-0.2, -0.15) is 0 Å². The van der Waals surface area contributed by atoms with Gasteiger partial charge in [0.25, 0.3) is 5.91 Å². The van der Waals surface area contributed by atoms with Crippen LogP contribution in [0.4, 0.5) is 4.39 Å². The lowest BCUT2D eigenvalue weighted by Gasteiger charge is -2.26. The molecule has 5 nitrogen and oxygen atoms in total. The fraction of sp³-hybridized carbons (Fsp3) is 0.0800. The summed E-state index contributed by atoms with van der Waals surface area (Å²) in [5.41, 5.74) is 1.47. The molecule has 0 fully saturated rings. The summed E-state index contributed by atoms with van der Waals surface area (Å²) in [4.78, 5) is 31.3. The number of carbonyl (C=O) groups is 2. The molecule has 1 amide bonds. The Kier molecular flexibility index (Phi) is 5.71. The Morgan fingerprint density at radius 3 is 2.52 bits per heavy atom. The molecule has 0 bridgehead atoms. The molecule has 1 atom stereocenters. The third kappa shape index (κ3) is 4.14. The molecule has 1 aliphatic heterocycles. The van der Waals surface area contributed by atoms with E-state index >= 15 is 0 Å². The number of pyridine rings is 1. The summed E-state index contributed by atoms with van der Waals surface area (Å²) in [5, 5.41) is 10.6. The molecule has 154 valence electrons. The largest absolute Gasteiger partial charge is 0.503 e. The summed E-state index contributed by atoms with van der Waals surface area (Å²) in [7, 11) is 0. The fourth-order valence-electron chi connectivity index (χ4n) is 3.60. The lowest BCUT2D eigenvalue weighted by Crippen LogP contribution is -2.31. The minimum Gasteiger partial charge on any atom is -0.503 e. The number of rotatable bonds is 6. The summed E-state index contributed by atoms with van der Waals surface area (Å²) < 4.78 is 14.7. The van der Waals surface area contributed by atoms with Gasteiger partial charge in [0.2, 0.25) is 0 Å². The quantitative estimate of drug-likeness (QED) is 0.607. The Balaban J connectivity index is 1.74. The fourth-order valence-corrected chi connectivity index (χ4v) is 3.60. The molecule has 3 aromatic rings. The van der Waals surface area contributed by atoms with Crippen LogP contribution in [-0.2, 0) is 16.1 Å². The highest BCUT2D eigenvalue weighted by atomic mass is 19.1. The second-order valence-corrected chi connectivity index (χ2v) is 7.09. The van der Waals surface area contributed by atoms with Crippen LogP contribution in [0.15, 0.2) is 96.5 Å². The number of ketones is 1. The second kappa shape index (κ2) is 8.75. The Morgan fingerprint density at radius 2 is 1.81 bits per heavy atom. The van der Waals surface area contributed by atoms with E-state index in [9.17, 15) is 19.1 Å². The SMILES string of the molecule is O=C(C=Cc1ccccc1)C1=C(O)C(=O)N(Cc2cccnc2)C1c1ccccc1F. The summed E-state index contributed by atoms with van der Waals surface area (Å²) in [6, 6.07) is 17.5. The molecule has 4 rings (SSSR count). The van der Waals surface area contributed by atoms with Gasteiger partial charge in [0.15, 0.2) is 11.5 Å². The molecule has 0 saturated heterocycles. The first-order valence-electron chi connectivity index (χ1n) is 9.71. The molecular formula is C25H19FN2O3. The van der Waals surface area contributed by atoms with Gasteiger partial charge in [0, 0.05) is 24.5 Å². The molecule has 2 aromatic carbocycles. The zero-order valence-electron chi connectivity index (χ0n) is 16.5. The van der Waals surface area contributed by atoms with Gasteiger partial charge >= 0.3 is 0 Å². The first-order valence-corrected chi connectivity index (χ1v) is 9.71. The molecule has 0 saturated carbocycles. The molecule has 0 aliphatic carbocycles. The zero-order chi connectivity index (χ0) is 21.8. The van der Waals surface area contributed by atoms with Crippen LogP contribution in [0.5, 0.6) is 0 Å². The van der Waals surface area contributed by atoms with E-state index in [0.29, 0.717) is 5.56 Å². The highest BCUT2D eigenvalue weighted by Gasteiger charge is 2.43. The van der Waals surface area contributed by atoms with Crippen molar-refractivity contribution < 1.29 is 19.1 Å². The number of allylic oxidation sites excluding steroid dienone is 1. The normalized spacial score (nSPS) is 16.4. The monoisotopic (exact) mass is 414 g/mol. The maximum absolute atomic E-state index is 14.7. The van der Waals surface area contributed by atoms with Crippen LogP contribution in [-0.4, -0.2) is 26.7 Å². The summed E-state index contributed by atoms with van der Waals surface area (Å²) in [6.45, 7) is 0.0644. The molecular weight excluding hydrogens is 395 g/mol. The van der Waals surface area contributed by atoms with Crippen LogP contribution in [0.2, 0.25) is 0 Å². The van der Waals surface area contributed by atoms with E-state index in [0.717, 1.165) is 5.56 Å². The van der Waals surface area contributed by atoms with Crippen LogP contribution < -0.4 is 0 Å². The predicted octanol–water partition coefficient (Wildman–Crippen LogP) is 4.40. The summed E-state index contributed by atoms with van der Waals surface area (Å²) in [6.07, 6.45) is 6.06. The molecule has 1 aromatic heterocycles. The Bertz CT molecular complexity index is 1170. The smallest absolute Gasteiger partial charge is 0.290 e. The van der Waals surface area contributed by atoms with Gasteiger partial charge in [-0.25, -0.2) is 4.39 Å². The molecule has 31 heavy (non-hydrogen) atoms. The third-order valence-corrected chi connectivity index (χ3v) is 5.07. The van der Waals surface area contributed by atoms with Crippen molar-refractivity contribution in [2.24, 2.45) is 0 Å². The molecule has 0 radical (unpaired) electrons. The maximum Gasteiger partial charge on any atom is 0.290 e. The summed E-state index contributed by atoms with van der Waals surface area (Å²) >= 11 is 0. The highest BCUT2D eigenvalue weighted by Crippen LogP contribution is 2.39. The van der Waals surface area contributed by atoms with Gasteiger partial charge in [0.05, 0.1) is 11.6 Å². The lowest BCUT2D eigenvalue weighted by atomic mass is 9.95. The van der Waals surface area contributed by atoms with Gasteiger partial charge < -0.3 is 10.0 Å². The van der Waals surface area contributed by atoms with Crippen molar-refractivity contribution in [1.82, 2.24) is 9.88 Å². The van der Waals surface area contributed by atoms with Gasteiger partial charge in [-0.05, 0) is 29.3 Å². The van der Waals surface area contributed by atoms with E-state index in [1.165, 1.54) is 29.2 Å². The summed E-state index contributed by atoms with van der Waals surface area (Å²) in [5.74, 6) is -2.52. The van der Waals surface area contributed by atoms with E-state index in [4.69, 9.17) is 0 Å². The predicted molar refractivity (Wildman–Crippen MR) is 114 cm³/mol. The standard InChI is InChI=1S/C25H19FN2O3/c26-20-11-5-4-10-19(20)23-22(21(29)13-12-17-7-2-1-3-8-17)24(30)25(31)28(23)16-18-9-6-14-27-15-18/h1-15,23,30H,16H2. The molecule has 1 N–H and O–H groups in total. The number of aliphatic hydroxyl groups excluding tert-OH is 1. The Hall–Kier alpha value is -4.06. The average Bonchev–Trinajstić information content (AvgIpc) is 3.04. The Morgan fingerprint density at radius 1 is 1.06 bits per heavy atom. The van der Waals surface area contributed by atoms with E-state index < -0.39 is 29.3 Å². The van der Waals surface area contributed by atoms with E-state index in [-0.39, 0.29) is 17.7 Å². The third-order valence-electron chi connectivity index (χ3n) is 5.07. The van der Waals surface area contributed by atoms with Crippen molar-refractivity contribution >= 4 is 17.8 Å². The second-order valence-electron chi connectivity index (χ2n) is 7.09. The molecule has 1 aliphatic rings. The molecule has 1 unspecified atom stereocenters. The van der Waals surface area contributed by atoms with E-state index in [1.54, 1.807) is 36.7 Å². The number of aliphatic hydroxyl groups is 1. The molecule has 0 spiro atoms. The van der Waals surface area contributed by atoms with E-state index in [2.05, 4.69) is 4.98 Å². The highest BCUT2D eigenvalue weighted by molar-refractivity contribution is 6.14. The number of hydrogen-bond donors (Lipinski definition) is 1. The number of aromatic nitrogens is 1. The van der Waals surface area contributed by atoms with Crippen LogP contribution in [0.1, 0.15) is 22.7 Å². The minimum absolute atomic E-state index is 0.0644. The van der Waals surface area contributed by atoms with Crippen molar-refractivity contribution in [2.75, 3.05) is 0 Å². The van der Waals surface area contributed by atoms with Gasteiger partial charge in [-0.3, -0.25) is 14.6 Å². The number of carbonyl (C=O) groups excluding carboxylic acids is 2. The number of benzene rings is 2. The van der Waals surface area contributed by atoms with Crippen molar-refractivity contribution in [1.29, 1.82) is 0 Å². The number of hydrogen-bond acceptors (Lipinski definition) is 4. The van der Waals surface area contributed by atoms with Gasteiger partial charge in [0.1, 0.15) is 5.82 Å². The molecule has 2 heterocycles. The van der Waals surface area contributed by atoms with Crippen molar-refractivity contribution in [3.05, 3.63) is 119 Å². The van der Waals surface area contributed by atoms with Crippen molar-refractivity contribution in [3.8, 4) is 0 Å². The van der Waals surface area contributed by atoms with Gasteiger partial charge in [-0.1, -0.05) is 60.7 Å². The van der Waals surface area contributed by atoms with Gasteiger partial charge in [-0.15, -0.1) is 0 Å². The molecule has 6 heteroatoms. The lowest BCUT2D eigenvalue weighted by molar-refractivity contribution is -0.130. The first kappa shape index (κ1) is 20.2. The minimum atomic E-state index is -1.05. The van der Waals surface area contributed by atoms with Crippen molar-refractivity contribution in [2.45, 2.75) is 12.6 Å². The Labute approximate surface area is 178 Å². The van der Waals surface area contributed by atoms with Crippen LogP contribution in [0.25, 0.3) is 6.08 Å². The first-order chi connectivity index (χ1) is 15.1. The van der Waals surface area contributed by atoms with Crippen LogP contribution in [0, 0.1) is 5.82 Å². The zero-order valence-corrected chi connectivity index (χ0v) is 16.5. The topological polar surface area (TPSA) is 70.5 Å². The van der Waals surface area contributed by atoms with Crippen molar-refractivity contribution in [3.63, 3.8) is 0 Å². The van der Waals surface area contributed by atoms with E-state index in [1.807, 2.05) is 30.3 Å². The average molecular weight is 414 g/mol. The number of amides is 1. The number of nitrogens with zero attached hydrogens (tertiary/aromatic N) is 2. The number of halogens is 1. The van der Waals surface area contributed by atoms with Crippen LogP contribution in [0.3, 0.4) is 0 Å².